The van der Waals surface area contributed by atoms with E-state index in [1.165, 1.54) is 24.8 Å². The molecule has 5 rings (SSSR count). The van der Waals surface area contributed by atoms with Gasteiger partial charge in [0.1, 0.15) is 11.5 Å². The SMILES string of the molecule is CN(CCCCc1ccccc1)C1CC2CCC1C2OC(=O)C(C)(c1ccccc1)c1ccccc1. The molecule has 4 unspecified atom stereocenters. The third kappa shape index (κ3) is 4.99. The molecular formula is C33H39NO2. The molecule has 2 aliphatic rings. The summed E-state index contributed by atoms with van der Waals surface area (Å²) in [5.41, 5.74) is 2.58. The van der Waals surface area contributed by atoms with Gasteiger partial charge in [-0.25, -0.2) is 0 Å². The van der Waals surface area contributed by atoms with Crippen molar-refractivity contribution in [1.82, 2.24) is 4.90 Å². The van der Waals surface area contributed by atoms with Crippen molar-refractivity contribution >= 4 is 5.97 Å². The summed E-state index contributed by atoms with van der Waals surface area (Å²) >= 11 is 0. The number of ether oxygens (including phenoxy) is 1. The molecule has 0 saturated heterocycles. The molecule has 2 bridgehead atoms. The van der Waals surface area contributed by atoms with Gasteiger partial charge < -0.3 is 9.64 Å². The van der Waals surface area contributed by atoms with Crippen molar-refractivity contribution in [1.29, 1.82) is 0 Å². The van der Waals surface area contributed by atoms with E-state index in [9.17, 15) is 4.79 Å². The molecule has 0 amide bonds. The molecule has 0 aromatic heterocycles. The number of hydrogen-bond donors (Lipinski definition) is 0. The molecule has 36 heavy (non-hydrogen) atoms. The van der Waals surface area contributed by atoms with Gasteiger partial charge >= 0.3 is 5.97 Å². The fraction of sp³-hybridized carbons (Fsp3) is 0.424. The minimum Gasteiger partial charge on any atom is -0.461 e. The fourth-order valence-corrected chi connectivity index (χ4v) is 6.61. The monoisotopic (exact) mass is 481 g/mol. The van der Waals surface area contributed by atoms with E-state index in [0.29, 0.717) is 17.9 Å². The number of aryl methyl sites for hydroxylation is 1. The van der Waals surface area contributed by atoms with Crippen LogP contribution in [0.4, 0.5) is 0 Å². The predicted octanol–water partition coefficient (Wildman–Crippen LogP) is 6.66. The van der Waals surface area contributed by atoms with Crippen LogP contribution in [0.5, 0.6) is 0 Å². The molecule has 3 aromatic rings. The smallest absolute Gasteiger partial charge is 0.321 e. The molecule has 0 heterocycles. The normalized spacial score (nSPS) is 23.2. The Bertz CT molecular complexity index is 1070. The summed E-state index contributed by atoms with van der Waals surface area (Å²) < 4.78 is 6.47. The molecule has 3 heteroatoms. The highest BCUT2D eigenvalue weighted by molar-refractivity contribution is 5.87. The van der Waals surface area contributed by atoms with Gasteiger partial charge in [-0.3, -0.25) is 4.79 Å². The standard InChI is InChI=1S/C33H39NO2/c1-33(27-17-8-4-9-18-27,28-19-10-5-11-20-28)32(35)36-31-26-21-22-29(31)30(24-26)34(2)23-13-12-16-25-14-6-3-7-15-25/h3-11,14-15,17-20,26,29-31H,12-13,16,21-24H2,1-2H3. The molecule has 0 radical (unpaired) electrons. The van der Waals surface area contributed by atoms with E-state index < -0.39 is 5.41 Å². The largest absolute Gasteiger partial charge is 0.461 e. The lowest BCUT2D eigenvalue weighted by Crippen LogP contribution is -2.41. The number of rotatable bonds is 10. The zero-order chi connectivity index (χ0) is 25.0. The van der Waals surface area contributed by atoms with E-state index in [4.69, 9.17) is 4.74 Å². The number of fused-ring (bicyclic) bond motifs is 2. The summed E-state index contributed by atoms with van der Waals surface area (Å²) in [6.45, 7) is 3.13. The van der Waals surface area contributed by atoms with Crippen LogP contribution in [0.1, 0.15) is 55.7 Å². The van der Waals surface area contributed by atoms with Crippen molar-refractivity contribution in [2.75, 3.05) is 13.6 Å². The lowest BCUT2D eigenvalue weighted by Gasteiger charge is -2.33. The second-order valence-corrected chi connectivity index (χ2v) is 11.0. The number of hydrogen-bond acceptors (Lipinski definition) is 3. The van der Waals surface area contributed by atoms with Crippen molar-refractivity contribution in [2.24, 2.45) is 11.8 Å². The first kappa shape index (κ1) is 24.8. The number of unbranched alkanes of at least 4 members (excludes halogenated alkanes) is 1. The lowest BCUT2D eigenvalue weighted by atomic mass is 9.76. The summed E-state index contributed by atoms with van der Waals surface area (Å²) in [5.74, 6) is 0.799. The maximum atomic E-state index is 13.9. The van der Waals surface area contributed by atoms with Crippen LogP contribution in [0.2, 0.25) is 0 Å². The van der Waals surface area contributed by atoms with Crippen LogP contribution < -0.4 is 0 Å². The Labute approximate surface area is 216 Å². The number of carbonyl (C=O) groups is 1. The fourth-order valence-electron chi connectivity index (χ4n) is 6.61. The summed E-state index contributed by atoms with van der Waals surface area (Å²) in [6, 6.07) is 31.5. The molecule has 2 saturated carbocycles. The van der Waals surface area contributed by atoms with Gasteiger partial charge in [-0.15, -0.1) is 0 Å². The van der Waals surface area contributed by atoms with Gasteiger partial charge in [-0.1, -0.05) is 91.0 Å². The van der Waals surface area contributed by atoms with Crippen LogP contribution in [0.25, 0.3) is 0 Å². The number of carbonyl (C=O) groups excluding carboxylic acids is 1. The van der Waals surface area contributed by atoms with Crippen molar-refractivity contribution in [3.05, 3.63) is 108 Å². The zero-order valence-electron chi connectivity index (χ0n) is 21.7. The molecule has 2 fully saturated rings. The number of nitrogens with zero attached hydrogens (tertiary/aromatic N) is 1. The van der Waals surface area contributed by atoms with Crippen LogP contribution in [0.15, 0.2) is 91.0 Å². The molecule has 0 aliphatic heterocycles. The Morgan fingerprint density at radius 2 is 1.44 bits per heavy atom. The predicted molar refractivity (Wildman–Crippen MR) is 146 cm³/mol. The molecule has 4 atom stereocenters. The van der Waals surface area contributed by atoms with Crippen LogP contribution in [0.3, 0.4) is 0 Å². The van der Waals surface area contributed by atoms with Crippen LogP contribution >= 0.6 is 0 Å². The second kappa shape index (κ2) is 11.0. The van der Waals surface area contributed by atoms with Crippen LogP contribution in [0, 0.1) is 11.8 Å². The average Bonchev–Trinajstić information content (AvgIpc) is 3.48. The molecule has 0 spiro atoms. The summed E-state index contributed by atoms with van der Waals surface area (Å²) in [7, 11) is 2.27. The van der Waals surface area contributed by atoms with Crippen LogP contribution in [-0.2, 0) is 21.4 Å². The summed E-state index contributed by atoms with van der Waals surface area (Å²) in [5, 5.41) is 0. The van der Waals surface area contributed by atoms with E-state index in [2.05, 4.69) is 42.3 Å². The van der Waals surface area contributed by atoms with Crippen molar-refractivity contribution in [3.8, 4) is 0 Å². The lowest BCUT2D eigenvalue weighted by molar-refractivity contribution is -0.156. The topological polar surface area (TPSA) is 29.5 Å². The molecule has 188 valence electrons. The van der Waals surface area contributed by atoms with Crippen molar-refractivity contribution in [2.45, 2.75) is 63.0 Å². The second-order valence-electron chi connectivity index (χ2n) is 11.0. The third-order valence-corrected chi connectivity index (χ3v) is 8.78. The number of esters is 1. The van der Waals surface area contributed by atoms with Crippen molar-refractivity contribution < 1.29 is 9.53 Å². The van der Waals surface area contributed by atoms with Crippen LogP contribution in [-0.4, -0.2) is 36.6 Å². The van der Waals surface area contributed by atoms with Gasteiger partial charge in [0, 0.05) is 12.0 Å². The van der Waals surface area contributed by atoms with Gasteiger partial charge in [0.25, 0.3) is 0 Å². The van der Waals surface area contributed by atoms with E-state index in [1.54, 1.807) is 0 Å². The molecule has 2 aliphatic carbocycles. The van der Waals surface area contributed by atoms with Gasteiger partial charge in [-0.2, -0.15) is 0 Å². The first-order valence-corrected chi connectivity index (χ1v) is 13.6. The maximum absolute atomic E-state index is 13.9. The Morgan fingerprint density at radius 3 is 2.06 bits per heavy atom. The van der Waals surface area contributed by atoms with E-state index in [-0.39, 0.29) is 12.1 Å². The van der Waals surface area contributed by atoms with E-state index >= 15 is 0 Å². The third-order valence-electron chi connectivity index (χ3n) is 8.78. The molecule has 3 nitrogen and oxygen atoms in total. The quantitative estimate of drug-likeness (QED) is 0.240. The molecule has 3 aromatic carbocycles. The summed E-state index contributed by atoms with van der Waals surface area (Å²) in [4.78, 5) is 16.5. The zero-order valence-corrected chi connectivity index (χ0v) is 21.7. The van der Waals surface area contributed by atoms with Gasteiger partial charge in [-0.05, 0) is 81.6 Å². The Balaban J connectivity index is 1.23. The highest BCUT2D eigenvalue weighted by Crippen LogP contribution is 2.49. The van der Waals surface area contributed by atoms with Gasteiger partial charge in [0.05, 0.1) is 0 Å². The number of benzene rings is 3. The van der Waals surface area contributed by atoms with Gasteiger partial charge in [0.15, 0.2) is 0 Å². The Hall–Kier alpha value is -2.91. The van der Waals surface area contributed by atoms with Gasteiger partial charge in [0.2, 0.25) is 0 Å². The Morgan fingerprint density at radius 1 is 0.861 bits per heavy atom. The Kier molecular flexibility index (Phi) is 7.57. The average molecular weight is 482 g/mol. The minimum absolute atomic E-state index is 0.0287. The van der Waals surface area contributed by atoms with E-state index in [1.807, 2.05) is 67.6 Å². The summed E-state index contributed by atoms with van der Waals surface area (Å²) in [6.07, 6.45) is 7.06. The highest BCUT2D eigenvalue weighted by Gasteiger charge is 2.53. The minimum atomic E-state index is -0.816. The maximum Gasteiger partial charge on any atom is 0.321 e. The first-order valence-electron chi connectivity index (χ1n) is 13.6. The highest BCUT2D eigenvalue weighted by atomic mass is 16.5. The molecule has 0 N–H and O–H groups in total. The van der Waals surface area contributed by atoms with Crippen molar-refractivity contribution in [3.63, 3.8) is 0 Å². The van der Waals surface area contributed by atoms with E-state index in [0.717, 1.165) is 36.9 Å². The first-order chi connectivity index (χ1) is 17.6. The molecular weight excluding hydrogens is 442 g/mol.